The lowest BCUT2D eigenvalue weighted by atomic mass is 9.84. The maximum atomic E-state index is 13.9. The van der Waals surface area contributed by atoms with Crippen molar-refractivity contribution in [1.29, 1.82) is 0 Å². The number of hydrogen-bond donors (Lipinski definition) is 2. The lowest BCUT2D eigenvalue weighted by Crippen LogP contribution is -2.31. The molecule has 2 aromatic carbocycles. The van der Waals surface area contributed by atoms with Crippen LogP contribution in [0, 0.1) is 11.7 Å². The molecule has 0 amide bonds. The first kappa shape index (κ1) is 27.4. The van der Waals surface area contributed by atoms with E-state index < -0.39 is 11.4 Å². The van der Waals surface area contributed by atoms with Gasteiger partial charge in [0.25, 0.3) is 0 Å². The highest BCUT2D eigenvalue weighted by Crippen LogP contribution is 2.51. The number of methoxy groups -OCH3 is 1. The molecule has 2 unspecified atom stereocenters. The van der Waals surface area contributed by atoms with Gasteiger partial charge < -0.3 is 24.4 Å². The van der Waals surface area contributed by atoms with Crippen molar-refractivity contribution in [2.45, 2.75) is 44.1 Å². The maximum Gasteiger partial charge on any atom is 0.163 e. The first-order chi connectivity index (χ1) is 18.7. The van der Waals surface area contributed by atoms with Crippen LogP contribution in [0.25, 0.3) is 11.3 Å². The van der Waals surface area contributed by atoms with Crippen molar-refractivity contribution >= 4 is 17.4 Å². The molecule has 39 heavy (non-hydrogen) atoms. The van der Waals surface area contributed by atoms with Crippen LogP contribution in [0.4, 0.5) is 4.39 Å². The van der Waals surface area contributed by atoms with Crippen molar-refractivity contribution in [2.75, 3.05) is 26.9 Å². The maximum absolute atomic E-state index is 13.9. The third kappa shape index (κ3) is 5.46. The molecule has 2 atom stereocenters. The van der Waals surface area contributed by atoms with Gasteiger partial charge in [-0.25, -0.2) is 9.37 Å². The molecule has 1 aliphatic carbocycles. The molecule has 1 fully saturated rings. The monoisotopic (exact) mass is 555 g/mol. The van der Waals surface area contributed by atoms with E-state index in [2.05, 4.69) is 0 Å². The highest BCUT2D eigenvalue weighted by atomic mass is 35.5. The van der Waals surface area contributed by atoms with Gasteiger partial charge >= 0.3 is 0 Å². The number of carbonyl (C=O) groups excluding carboxylic acids is 1. The third-order valence-electron chi connectivity index (χ3n) is 7.47. The number of ether oxygens (including phenoxy) is 3. The number of aromatic nitrogens is 1. The SMILES string of the molecule is COc1cc(C(=O)CCC(O)(c2cc3c(c(-c4ccc(F)c(Cl)c4)n2)OCC3C)C2CC2)ccc1OCCO. The number of benzene rings is 2. The summed E-state index contributed by atoms with van der Waals surface area (Å²) >= 11 is 6.07. The fourth-order valence-corrected chi connectivity index (χ4v) is 5.28. The first-order valence-corrected chi connectivity index (χ1v) is 13.4. The number of Topliss-reactive ketones (excluding diaryl/α,β-unsaturated/α-hetero) is 1. The van der Waals surface area contributed by atoms with Gasteiger partial charge in [0.1, 0.15) is 29.5 Å². The number of aliphatic hydroxyl groups is 2. The lowest BCUT2D eigenvalue weighted by molar-refractivity contribution is -0.00113. The average Bonchev–Trinajstić information content (AvgIpc) is 3.74. The molecule has 9 heteroatoms. The van der Waals surface area contributed by atoms with Gasteiger partial charge in [-0.15, -0.1) is 0 Å². The lowest BCUT2D eigenvalue weighted by Gasteiger charge is -2.29. The van der Waals surface area contributed by atoms with E-state index in [1.807, 2.05) is 13.0 Å². The Balaban J connectivity index is 1.45. The Kier molecular flexibility index (Phi) is 7.80. The molecule has 2 N–H and O–H groups in total. The second-order valence-electron chi connectivity index (χ2n) is 10.2. The summed E-state index contributed by atoms with van der Waals surface area (Å²) < 4.78 is 30.7. The largest absolute Gasteiger partial charge is 0.493 e. The van der Waals surface area contributed by atoms with Gasteiger partial charge in [-0.2, -0.15) is 0 Å². The molecule has 0 radical (unpaired) electrons. The zero-order chi connectivity index (χ0) is 27.7. The van der Waals surface area contributed by atoms with Gasteiger partial charge in [0.2, 0.25) is 0 Å². The van der Waals surface area contributed by atoms with Gasteiger partial charge in [0.15, 0.2) is 17.3 Å². The zero-order valence-electron chi connectivity index (χ0n) is 21.9. The smallest absolute Gasteiger partial charge is 0.163 e. The van der Waals surface area contributed by atoms with Crippen molar-refractivity contribution < 1.29 is 33.6 Å². The van der Waals surface area contributed by atoms with Crippen LogP contribution in [0.5, 0.6) is 17.2 Å². The second-order valence-corrected chi connectivity index (χ2v) is 10.6. The highest BCUT2D eigenvalue weighted by molar-refractivity contribution is 6.31. The fraction of sp³-hybridized carbons (Fsp3) is 0.400. The van der Waals surface area contributed by atoms with Crippen molar-refractivity contribution in [2.24, 2.45) is 5.92 Å². The Labute approximate surface area is 231 Å². The summed E-state index contributed by atoms with van der Waals surface area (Å²) in [5.74, 6) is 0.819. The molecule has 3 aromatic rings. The molecule has 0 bridgehead atoms. The number of carbonyl (C=O) groups is 1. The van der Waals surface area contributed by atoms with Crippen LogP contribution in [0.3, 0.4) is 0 Å². The standard InChI is InChI=1S/C30H31ClFNO6/c1-17-16-39-29-21(17)15-27(33-28(29)19-3-7-23(32)22(31)13-19)30(36,20-5-6-20)10-9-24(35)18-4-8-25(38-12-11-34)26(14-18)37-2/h3-4,7-8,13-15,17,20,34,36H,5-6,9-12,16H2,1-2H3. The van der Waals surface area contributed by atoms with E-state index in [-0.39, 0.29) is 48.7 Å². The Morgan fingerprint density at radius 2 is 2.00 bits per heavy atom. The highest BCUT2D eigenvalue weighted by Gasteiger charge is 2.47. The van der Waals surface area contributed by atoms with E-state index in [0.717, 1.165) is 18.4 Å². The molecule has 2 aliphatic rings. The van der Waals surface area contributed by atoms with Crippen LogP contribution in [-0.4, -0.2) is 47.9 Å². The number of fused-ring (bicyclic) bond motifs is 1. The minimum absolute atomic E-state index is 0.0224. The van der Waals surface area contributed by atoms with E-state index in [4.69, 9.17) is 35.9 Å². The minimum Gasteiger partial charge on any atom is -0.493 e. The number of rotatable bonds is 11. The topological polar surface area (TPSA) is 98.1 Å². The summed E-state index contributed by atoms with van der Waals surface area (Å²) in [5.41, 5.74) is 1.62. The molecule has 1 aromatic heterocycles. The molecule has 5 rings (SSSR count). The number of halogens is 2. The van der Waals surface area contributed by atoms with Crippen LogP contribution in [0.1, 0.15) is 60.1 Å². The predicted octanol–water partition coefficient (Wildman–Crippen LogP) is 5.68. The van der Waals surface area contributed by atoms with Gasteiger partial charge in [-0.1, -0.05) is 18.5 Å². The Hall–Kier alpha value is -3.20. The van der Waals surface area contributed by atoms with E-state index in [1.54, 1.807) is 24.3 Å². The van der Waals surface area contributed by atoms with Gasteiger partial charge in [0.05, 0.1) is 31.0 Å². The number of aliphatic hydroxyl groups excluding tert-OH is 1. The third-order valence-corrected chi connectivity index (χ3v) is 7.76. The Bertz CT molecular complexity index is 1390. The van der Waals surface area contributed by atoms with Gasteiger partial charge in [-0.3, -0.25) is 4.79 Å². The Morgan fingerprint density at radius 1 is 1.21 bits per heavy atom. The summed E-state index contributed by atoms with van der Waals surface area (Å²) in [4.78, 5) is 18.1. The van der Waals surface area contributed by atoms with Crippen LogP contribution >= 0.6 is 11.6 Å². The zero-order valence-corrected chi connectivity index (χ0v) is 22.6. The minimum atomic E-state index is -1.32. The fourth-order valence-electron chi connectivity index (χ4n) is 5.10. The molecule has 0 saturated heterocycles. The van der Waals surface area contributed by atoms with Gasteiger partial charge in [0, 0.05) is 29.0 Å². The number of ketones is 1. The Morgan fingerprint density at radius 3 is 2.69 bits per heavy atom. The normalized spacial score (nSPS) is 17.7. The molecule has 0 spiro atoms. The summed E-state index contributed by atoms with van der Waals surface area (Å²) in [6.07, 6.45) is 1.94. The van der Waals surface area contributed by atoms with Crippen LogP contribution < -0.4 is 14.2 Å². The molecular formula is C30H31ClFNO6. The number of nitrogens with zero attached hydrogens (tertiary/aromatic N) is 1. The molecule has 1 saturated carbocycles. The summed E-state index contributed by atoms with van der Waals surface area (Å²) in [6.45, 7) is 2.49. The molecule has 1 aliphatic heterocycles. The van der Waals surface area contributed by atoms with E-state index in [9.17, 15) is 14.3 Å². The summed E-state index contributed by atoms with van der Waals surface area (Å²) in [6, 6.07) is 11.2. The molecule has 206 valence electrons. The average molecular weight is 556 g/mol. The van der Waals surface area contributed by atoms with E-state index in [0.29, 0.717) is 46.4 Å². The summed E-state index contributed by atoms with van der Waals surface area (Å²) in [7, 11) is 1.48. The predicted molar refractivity (Wildman–Crippen MR) is 144 cm³/mol. The van der Waals surface area contributed by atoms with Crippen molar-refractivity contribution in [3.05, 3.63) is 70.1 Å². The van der Waals surface area contributed by atoms with Crippen molar-refractivity contribution in [3.63, 3.8) is 0 Å². The van der Waals surface area contributed by atoms with Crippen LogP contribution in [0.2, 0.25) is 5.02 Å². The quantitative estimate of drug-likeness (QED) is 0.294. The first-order valence-electron chi connectivity index (χ1n) is 13.1. The van der Waals surface area contributed by atoms with Crippen molar-refractivity contribution in [1.82, 2.24) is 4.98 Å². The number of pyridine rings is 1. The van der Waals surface area contributed by atoms with E-state index in [1.165, 1.54) is 19.2 Å². The van der Waals surface area contributed by atoms with Crippen molar-refractivity contribution in [3.8, 4) is 28.5 Å². The van der Waals surface area contributed by atoms with Crippen LogP contribution in [-0.2, 0) is 5.60 Å². The molecular weight excluding hydrogens is 525 g/mol. The second kappa shape index (κ2) is 11.1. The molecule has 2 heterocycles. The summed E-state index contributed by atoms with van der Waals surface area (Å²) in [5, 5.41) is 21.0. The van der Waals surface area contributed by atoms with Crippen LogP contribution in [0.15, 0.2) is 42.5 Å². The van der Waals surface area contributed by atoms with Gasteiger partial charge in [-0.05, 0) is 67.6 Å². The van der Waals surface area contributed by atoms with E-state index >= 15 is 0 Å². The molecule has 7 nitrogen and oxygen atoms in total. The number of hydrogen-bond acceptors (Lipinski definition) is 7.